The van der Waals surface area contributed by atoms with E-state index in [-0.39, 0.29) is 17.4 Å². The lowest BCUT2D eigenvalue weighted by Crippen LogP contribution is -2.46. The van der Waals surface area contributed by atoms with Crippen LogP contribution in [0.1, 0.15) is 58.1 Å². The molecular formula is C32H43N7O. The number of rotatable bonds is 8. The molecule has 0 saturated carbocycles. The molecule has 8 heteroatoms. The highest BCUT2D eigenvalue weighted by atomic mass is 16.2. The van der Waals surface area contributed by atoms with Gasteiger partial charge in [-0.2, -0.15) is 0 Å². The van der Waals surface area contributed by atoms with Crippen LogP contribution < -0.4 is 10.2 Å². The number of aryl methyl sites for hydroxylation is 1. The number of benzene rings is 2. The van der Waals surface area contributed by atoms with Gasteiger partial charge in [-0.05, 0) is 43.4 Å². The predicted octanol–water partition coefficient (Wildman–Crippen LogP) is 5.27. The quantitative estimate of drug-likeness (QED) is 0.318. The minimum Gasteiger partial charge on any atom is -0.367 e. The van der Waals surface area contributed by atoms with E-state index >= 15 is 0 Å². The molecule has 1 unspecified atom stereocenters. The Morgan fingerprint density at radius 1 is 1.05 bits per heavy atom. The zero-order valence-electron chi connectivity index (χ0n) is 24.8. The van der Waals surface area contributed by atoms with Crippen molar-refractivity contribution in [2.75, 3.05) is 31.1 Å². The summed E-state index contributed by atoms with van der Waals surface area (Å²) in [5.41, 5.74) is 6.83. The number of anilines is 1. The van der Waals surface area contributed by atoms with E-state index in [1.807, 2.05) is 24.6 Å². The highest BCUT2D eigenvalue weighted by molar-refractivity contribution is 5.91. The van der Waals surface area contributed by atoms with Crippen molar-refractivity contribution in [2.45, 2.75) is 72.5 Å². The third kappa shape index (κ3) is 6.22. The van der Waals surface area contributed by atoms with E-state index in [0.717, 1.165) is 73.1 Å². The van der Waals surface area contributed by atoms with Crippen LogP contribution in [0.25, 0.3) is 22.4 Å². The van der Waals surface area contributed by atoms with E-state index in [4.69, 9.17) is 9.97 Å². The maximum Gasteiger partial charge on any atom is 0.240 e. The van der Waals surface area contributed by atoms with Gasteiger partial charge in [-0.15, -0.1) is 0 Å². The Labute approximate surface area is 237 Å². The molecule has 1 atom stereocenters. The highest BCUT2D eigenvalue weighted by Crippen LogP contribution is 2.30. The molecule has 2 N–H and O–H groups in total. The lowest BCUT2D eigenvalue weighted by molar-refractivity contribution is -0.122. The van der Waals surface area contributed by atoms with Crippen molar-refractivity contribution in [1.82, 2.24) is 29.7 Å². The van der Waals surface area contributed by atoms with E-state index in [0.29, 0.717) is 6.54 Å². The number of nitrogens with zero attached hydrogens (tertiary/aromatic N) is 5. The number of amides is 1. The second-order valence-corrected chi connectivity index (χ2v) is 12.1. The van der Waals surface area contributed by atoms with Crippen molar-refractivity contribution in [2.24, 2.45) is 0 Å². The Kier molecular flexibility index (Phi) is 7.99. The van der Waals surface area contributed by atoms with Gasteiger partial charge in [0.15, 0.2) is 0 Å². The number of para-hydroxylation sites is 1. The third-order valence-corrected chi connectivity index (χ3v) is 7.97. The van der Waals surface area contributed by atoms with Crippen LogP contribution in [0.15, 0.2) is 48.7 Å². The zero-order valence-corrected chi connectivity index (χ0v) is 24.8. The smallest absolute Gasteiger partial charge is 0.240 e. The number of fused-ring (bicyclic) bond motifs is 1. The second kappa shape index (κ2) is 11.5. The van der Waals surface area contributed by atoms with E-state index < -0.39 is 0 Å². The minimum absolute atomic E-state index is 0.0348. The highest BCUT2D eigenvalue weighted by Gasteiger charge is 2.22. The first-order valence-electron chi connectivity index (χ1n) is 14.5. The van der Waals surface area contributed by atoms with Gasteiger partial charge >= 0.3 is 0 Å². The van der Waals surface area contributed by atoms with Gasteiger partial charge in [-0.1, -0.05) is 58.0 Å². The standard InChI is InChI=1S/C32H43N7O/c1-7-22(2)33-29(40)21-39-20-26(34-23(39)3)19-37-15-17-38(18-16-37)28-10-8-9-27-30(28)36-31(35-27)24-11-13-25(14-12-24)32(4,5)6/h8-14,20,22H,7,15-19,21H2,1-6H3,(H,33,40)(H,35,36). The number of aromatic amines is 1. The number of carbonyl (C=O) groups excluding carboxylic acids is 1. The van der Waals surface area contributed by atoms with Gasteiger partial charge in [-0.3, -0.25) is 9.69 Å². The van der Waals surface area contributed by atoms with Gasteiger partial charge in [0.1, 0.15) is 23.7 Å². The summed E-state index contributed by atoms with van der Waals surface area (Å²) in [6.45, 7) is 17.6. The van der Waals surface area contributed by atoms with Crippen LogP contribution >= 0.6 is 0 Å². The van der Waals surface area contributed by atoms with Gasteiger partial charge in [0, 0.05) is 50.5 Å². The number of nitrogens with one attached hydrogen (secondary N) is 2. The van der Waals surface area contributed by atoms with Gasteiger partial charge in [0.2, 0.25) is 5.91 Å². The van der Waals surface area contributed by atoms with Gasteiger partial charge in [0.25, 0.3) is 0 Å². The Bertz CT molecular complexity index is 1450. The van der Waals surface area contributed by atoms with Crippen molar-refractivity contribution < 1.29 is 4.79 Å². The summed E-state index contributed by atoms with van der Waals surface area (Å²) in [5.74, 6) is 1.82. The molecule has 0 bridgehead atoms. The van der Waals surface area contributed by atoms with Crippen molar-refractivity contribution in [3.05, 3.63) is 65.7 Å². The molecule has 1 fully saturated rings. The molecule has 1 aliphatic rings. The van der Waals surface area contributed by atoms with E-state index in [1.54, 1.807) is 0 Å². The lowest BCUT2D eigenvalue weighted by Gasteiger charge is -2.35. The first kappa shape index (κ1) is 27.9. The van der Waals surface area contributed by atoms with Gasteiger partial charge < -0.3 is 19.8 Å². The molecule has 4 aromatic rings. The monoisotopic (exact) mass is 541 g/mol. The van der Waals surface area contributed by atoms with Crippen molar-refractivity contribution in [3.63, 3.8) is 0 Å². The maximum atomic E-state index is 12.3. The van der Waals surface area contributed by atoms with Crippen LogP contribution in [0, 0.1) is 6.92 Å². The van der Waals surface area contributed by atoms with E-state index in [1.165, 1.54) is 11.3 Å². The molecule has 3 heterocycles. The summed E-state index contributed by atoms with van der Waals surface area (Å²) in [6.07, 6.45) is 2.95. The van der Waals surface area contributed by atoms with Crippen LogP contribution in [0.4, 0.5) is 5.69 Å². The molecule has 1 aliphatic heterocycles. The Balaban J connectivity index is 1.22. The fourth-order valence-electron chi connectivity index (χ4n) is 5.30. The average Bonchev–Trinajstić information content (AvgIpc) is 3.51. The molecule has 2 aromatic heterocycles. The van der Waals surface area contributed by atoms with Crippen LogP contribution in [-0.4, -0.2) is 62.5 Å². The molecule has 0 radical (unpaired) electrons. The van der Waals surface area contributed by atoms with Crippen molar-refractivity contribution in [1.29, 1.82) is 0 Å². The Morgan fingerprint density at radius 2 is 1.77 bits per heavy atom. The third-order valence-electron chi connectivity index (χ3n) is 7.97. The largest absolute Gasteiger partial charge is 0.367 e. The maximum absolute atomic E-state index is 12.3. The molecule has 0 spiro atoms. The summed E-state index contributed by atoms with van der Waals surface area (Å²) in [4.78, 5) is 30.5. The fourth-order valence-corrected chi connectivity index (χ4v) is 5.30. The average molecular weight is 542 g/mol. The number of aromatic nitrogens is 4. The molecule has 1 saturated heterocycles. The summed E-state index contributed by atoms with van der Waals surface area (Å²) < 4.78 is 1.95. The molecule has 40 heavy (non-hydrogen) atoms. The summed E-state index contributed by atoms with van der Waals surface area (Å²) in [6, 6.07) is 15.3. The number of hydrogen-bond donors (Lipinski definition) is 2. The topological polar surface area (TPSA) is 82.1 Å². The molecule has 8 nitrogen and oxygen atoms in total. The molecule has 212 valence electrons. The van der Waals surface area contributed by atoms with Crippen LogP contribution in [0.5, 0.6) is 0 Å². The van der Waals surface area contributed by atoms with Crippen molar-refractivity contribution in [3.8, 4) is 11.4 Å². The Hall–Kier alpha value is -3.65. The first-order valence-corrected chi connectivity index (χ1v) is 14.5. The second-order valence-electron chi connectivity index (χ2n) is 12.1. The fraction of sp³-hybridized carbons (Fsp3) is 0.469. The van der Waals surface area contributed by atoms with E-state index in [9.17, 15) is 4.79 Å². The molecule has 0 aliphatic carbocycles. The first-order chi connectivity index (χ1) is 19.1. The lowest BCUT2D eigenvalue weighted by atomic mass is 9.87. The minimum atomic E-state index is 0.0348. The van der Waals surface area contributed by atoms with Crippen LogP contribution in [-0.2, 0) is 23.3 Å². The normalized spacial score (nSPS) is 15.5. The predicted molar refractivity (Wildman–Crippen MR) is 163 cm³/mol. The number of imidazole rings is 2. The molecule has 1 amide bonds. The molecule has 5 rings (SSSR count). The van der Waals surface area contributed by atoms with E-state index in [2.05, 4.69) is 90.3 Å². The SMILES string of the molecule is CCC(C)NC(=O)Cn1cc(CN2CCN(c3cccc4[nH]c(-c5ccc(C(C)(C)C)cc5)nc34)CC2)nc1C. The molecule has 2 aromatic carbocycles. The van der Waals surface area contributed by atoms with Crippen molar-refractivity contribution >= 4 is 22.6 Å². The van der Waals surface area contributed by atoms with Crippen LogP contribution in [0.2, 0.25) is 0 Å². The number of carbonyl (C=O) groups is 1. The number of hydrogen-bond acceptors (Lipinski definition) is 5. The van der Waals surface area contributed by atoms with Gasteiger partial charge in [-0.25, -0.2) is 9.97 Å². The molecular weight excluding hydrogens is 498 g/mol. The summed E-state index contributed by atoms with van der Waals surface area (Å²) in [7, 11) is 0. The zero-order chi connectivity index (χ0) is 28.4. The van der Waals surface area contributed by atoms with Gasteiger partial charge in [0.05, 0.1) is 16.9 Å². The Morgan fingerprint density at radius 3 is 2.45 bits per heavy atom. The number of H-pyrrole nitrogens is 1. The van der Waals surface area contributed by atoms with Crippen LogP contribution in [0.3, 0.4) is 0 Å². The summed E-state index contributed by atoms with van der Waals surface area (Å²) in [5, 5.41) is 3.04. The summed E-state index contributed by atoms with van der Waals surface area (Å²) >= 11 is 0. The number of piperazine rings is 1.